The van der Waals surface area contributed by atoms with Gasteiger partial charge in [-0.25, -0.2) is 4.79 Å². The molecule has 2 N–H and O–H groups in total. The number of carboxylic acid groups (broad SMARTS) is 1. The van der Waals surface area contributed by atoms with E-state index >= 15 is 0 Å². The van der Waals surface area contributed by atoms with Crippen LogP contribution in [0.5, 0.6) is 0 Å². The molecule has 2 aliphatic rings. The number of fused-ring (bicyclic) bond motifs is 5. The van der Waals surface area contributed by atoms with E-state index in [1.165, 1.54) is 35.5 Å². The van der Waals surface area contributed by atoms with Crippen LogP contribution in [0, 0.1) is 11.8 Å². The summed E-state index contributed by atoms with van der Waals surface area (Å²) in [5.74, 6) is -0.512. The van der Waals surface area contributed by atoms with Crippen molar-refractivity contribution in [2.24, 2.45) is 11.8 Å². The highest BCUT2D eigenvalue weighted by molar-refractivity contribution is 5.87. The molecule has 0 unspecified atom stereocenters. The lowest BCUT2D eigenvalue weighted by Crippen LogP contribution is -2.46. The van der Waals surface area contributed by atoms with E-state index in [9.17, 15) is 9.90 Å². The molecule has 1 aromatic carbocycles. The molecule has 3 heterocycles. The van der Waals surface area contributed by atoms with E-state index in [1.54, 1.807) is 0 Å². The molecule has 0 amide bonds. The maximum absolute atomic E-state index is 11.8. The third kappa shape index (κ3) is 2.71. The number of carboxylic acids is 1. The molecule has 1 saturated heterocycles. The second-order valence-corrected chi connectivity index (χ2v) is 7.45. The monoisotopic (exact) mass is 354 g/mol. The first-order valence-electron chi connectivity index (χ1n) is 9.43. The number of piperidine rings is 1. The maximum Gasteiger partial charge on any atom is 0.334 e. The molecule has 138 valence electrons. The summed E-state index contributed by atoms with van der Waals surface area (Å²) in [5.41, 5.74) is 4.27. The molecule has 0 bridgehead atoms. The molecule has 26 heavy (non-hydrogen) atoms. The lowest BCUT2D eigenvalue weighted by molar-refractivity contribution is -0.134. The van der Waals surface area contributed by atoms with Crippen LogP contribution < -0.4 is 0 Å². The van der Waals surface area contributed by atoms with Crippen LogP contribution in [0.4, 0.5) is 0 Å². The van der Waals surface area contributed by atoms with Crippen molar-refractivity contribution in [3.63, 3.8) is 0 Å². The lowest BCUT2D eigenvalue weighted by Gasteiger charge is -2.46. The summed E-state index contributed by atoms with van der Waals surface area (Å²) in [7, 11) is 1.52. The Bertz CT molecular complexity index is 854. The van der Waals surface area contributed by atoms with Crippen molar-refractivity contribution in [2.75, 3.05) is 20.2 Å². The number of aromatic amines is 1. The highest BCUT2D eigenvalue weighted by Crippen LogP contribution is 2.45. The predicted octanol–water partition coefficient (Wildman–Crippen LogP) is 3.73. The van der Waals surface area contributed by atoms with Crippen molar-refractivity contribution in [3.05, 3.63) is 47.4 Å². The van der Waals surface area contributed by atoms with Crippen LogP contribution in [0.2, 0.25) is 0 Å². The fraction of sp³-hybridized carbons (Fsp3) is 0.476. The highest BCUT2D eigenvalue weighted by Gasteiger charge is 2.42. The Labute approximate surface area is 153 Å². The zero-order valence-corrected chi connectivity index (χ0v) is 15.4. The summed E-state index contributed by atoms with van der Waals surface area (Å²) in [6.07, 6.45) is 4.28. The molecule has 5 nitrogen and oxygen atoms in total. The number of aliphatic carboxylic acids is 1. The first-order valence-corrected chi connectivity index (χ1v) is 9.43. The van der Waals surface area contributed by atoms with Crippen LogP contribution in [-0.4, -0.2) is 41.2 Å². The van der Waals surface area contributed by atoms with Gasteiger partial charge in [0, 0.05) is 29.7 Å². The Morgan fingerprint density at radius 3 is 2.96 bits per heavy atom. The van der Waals surface area contributed by atoms with E-state index in [1.807, 2.05) is 0 Å². The average molecular weight is 354 g/mol. The van der Waals surface area contributed by atoms with Gasteiger partial charge in [-0.2, -0.15) is 0 Å². The first-order chi connectivity index (χ1) is 12.6. The summed E-state index contributed by atoms with van der Waals surface area (Å²) >= 11 is 0. The lowest BCUT2D eigenvalue weighted by atomic mass is 9.74. The van der Waals surface area contributed by atoms with Gasteiger partial charge in [-0.05, 0) is 36.3 Å². The van der Waals surface area contributed by atoms with E-state index in [0.717, 1.165) is 32.4 Å². The van der Waals surface area contributed by atoms with Gasteiger partial charge >= 0.3 is 5.97 Å². The van der Waals surface area contributed by atoms with E-state index in [0.29, 0.717) is 11.5 Å². The van der Waals surface area contributed by atoms with Crippen LogP contribution in [0.15, 0.2) is 36.1 Å². The van der Waals surface area contributed by atoms with E-state index in [-0.39, 0.29) is 12.0 Å². The first kappa shape index (κ1) is 17.2. The zero-order valence-electron chi connectivity index (χ0n) is 15.4. The van der Waals surface area contributed by atoms with Gasteiger partial charge in [-0.3, -0.25) is 4.90 Å². The molecule has 0 saturated carbocycles. The summed E-state index contributed by atoms with van der Waals surface area (Å²) in [4.78, 5) is 18.0. The van der Waals surface area contributed by atoms with Crippen molar-refractivity contribution < 1.29 is 14.6 Å². The topological polar surface area (TPSA) is 65.6 Å². The van der Waals surface area contributed by atoms with Crippen LogP contribution in [-0.2, 0) is 16.0 Å². The Hall–Kier alpha value is -2.27. The molecule has 3 atom stereocenters. The number of carbonyl (C=O) groups is 1. The number of methoxy groups -OCH3 is 1. The van der Waals surface area contributed by atoms with Gasteiger partial charge in [0.15, 0.2) is 0 Å². The molecule has 0 aliphatic carbocycles. The number of nitrogens with one attached hydrogen (secondary N) is 1. The predicted molar refractivity (Wildman–Crippen MR) is 101 cm³/mol. The van der Waals surface area contributed by atoms with Crippen LogP contribution >= 0.6 is 0 Å². The van der Waals surface area contributed by atoms with Gasteiger partial charge in [0.2, 0.25) is 0 Å². The molecule has 2 aromatic rings. The number of aromatic nitrogens is 1. The number of hydrogen-bond acceptors (Lipinski definition) is 3. The normalized spacial score (nSPS) is 26.4. The SMILES string of the molecule is CC[C@H]1CN2CCc3c([nH]c4ccccc34)[C@H]2C[C@@H]1/C(=C\OC)C(=O)O. The number of para-hydroxylation sites is 1. The van der Waals surface area contributed by atoms with Crippen molar-refractivity contribution in [1.29, 1.82) is 0 Å². The second kappa shape index (κ2) is 6.80. The van der Waals surface area contributed by atoms with Gasteiger partial charge in [0.1, 0.15) is 0 Å². The largest absolute Gasteiger partial charge is 0.504 e. The number of rotatable bonds is 4. The number of nitrogens with zero attached hydrogens (tertiary/aromatic N) is 1. The standard InChI is InChI=1S/C21H26N2O3/c1-3-13-11-23-9-8-15-14-6-4-5-7-18(14)22-20(15)19(23)10-16(13)17(12-26-2)21(24)25/h4-7,12-13,16,19,22H,3,8-11H2,1-2H3,(H,24,25)/b17-12+/t13-,16-,19+/m0/s1. The fourth-order valence-electron chi connectivity index (χ4n) is 4.93. The number of hydrogen-bond donors (Lipinski definition) is 2. The minimum absolute atomic E-state index is 0.0102. The van der Waals surface area contributed by atoms with Crippen molar-refractivity contribution in [1.82, 2.24) is 9.88 Å². The molecule has 5 heteroatoms. The Morgan fingerprint density at radius 1 is 1.42 bits per heavy atom. The molecule has 1 aromatic heterocycles. The Balaban J connectivity index is 1.74. The summed E-state index contributed by atoms with van der Waals surface area (Å²) < 4.78 is 5.10. The Kier molecular flexibility index (Phi) is 4.49. The van der Waals surface area contributed by atoms with Crippen molar-refractivity contribution in [3.8, 4) is 0 Å². The molecule has 4 rings (SSSR count). The van der Waals surface area contributed by atoms with Crippen LogP contribution in [0.3, 0.4) is 0 Å². The number of H-pyrrole nitrogens is 1. The van der Waals surface area contributed by atoms with Crippen molar-refractivity contribution >= 4 is 16.9 Å². The van der Waals surface area contributed by atoms with Crippen LogP contribution in [0.25, 0.3) is 10.9 Å². The third-order valence-corrected chi connectivity index (χ3v) is 6.20. The minimum atomic E-state index is -0.864. The number of benzene rings is 1. The van der Waals surface area contributed by atoms with Gasteiger partial charge < -0.3 is 14.8 Å². The Morgan fingerprint density at radius 2 is 2.23 bits per heavy atom. The fourth-order valence-corrected chi connectivity index (χ4v) is 4.93. The summed E-state index contributed by atoms with van der Waals surface area (Å²) in [6, 6.07) is 8.70. The van der Waals surface area contributed by atoms with Gasteiger partial charge in [-0.15, -0.1) is 0 Å². The van der Waals surface area contributed by atoms with Crippen LogP contribution in [0.1, 0.15) is 37.1 Å². The van der Waals surface area contributed by atoms with E-state index in [4.69, 9.17) is 4.74 Å². The average Bonchev–Trinajstić information content (AvgIpc) is 3.04. The summed E-state index contributed by atoms with van der Waals surface area (Å²) in [6.45, 7) is 4.14. The highest BCUT2D eigenvalue weighted by atomic mass is 16.5. The second-order valence-electron chi connectivity index (χ2n) is 7.45. The molecule has 2 aliphatic heterocycles. The van der Waals surface area contributed by atoms with Gasteiger partial charge in [-0.1, -0.05) is 31.5 Å². The molecule has 0 radical (unpaired) electrons. The van der Waals surface area contributed by atoms with Crippen molar-refractivity contribution in [2.45, 2.75) is 32.2 Å². The van der Waals surface area contributed by atoms with Gasteiger partial charge in [0.05, 0.1) is 25.0 Å². The van der Waals surface area contributed by atoms with E-state index < -0.39 is 5.97 Å². The molecular weight excluding hydrogens is 328 g/mol. The molecular formula is C21H26N2O3. The zero-order chi connectivity index (χ0) is 18.3. The smallest absolute Gasteiger partial charge is 0.334 e. The maximum atomic E-state index is 11.8. The molecule has 1 fully saturated rings. The van der Waals surface area contributed by atoms with E-state index in [2.05, 4.69) is 41.1 Å². The number of ether oxygens (including phenoxy) is 1. The quantitative estimate of drug-likeness (QED) is 0.649. The van der Waals surface area contributed by atoms with Gasteiger partial charge in [0.25, 0.3) is 0 Å². The molecule has 0 spiro atoms. The summed E-state index contributed by atoms with van der Waals surface area (Å²) in [5, 5.41) is 11.0. The minimum Gasteiger partial charge on any atom is -0.504 e. The third-order valence-electron chi connectivity index (χ3n) is 6.20.